The largest absolute Gasteiger partial charge is 0.123 e. The second-order valence-corrected chi connectivity index (χ2v) is 5.07. The Balaban J connectivity index is 2.20. The minimum Gasteiger partial charge on any atom is -0.123 e. The summed E-state index contributed by atoms with van der Waals surface area (Å²) < 4.78 is 0. The Bertz CT molecular complexity index is 330. The molecule has 0 aromatic heterocycles. The summed E-state index contributed by atoms with van der Waals surface area (Å²) in [6, 6.07) is 6.82. The highest BCUT2D eigenvalue weighted by atomic mass is 35.5. The summed E-state index contributed by atoms with van der Waals surface area (Å²) in [7, 11) is 0. The highest BCUT2D eigenvalue weighted by molar-refractivity contribution is 6.20. The zero-order valence-corrected chi connectivity index (χ0v) is 9.64. The number of alkyl halides is 1. The van der Waals surface area contributed by atoms with Crippen LogP contribution in [0.25, 0.3) is 0 Å². The molecule has 2 unspecified atom stereocenters. The van der Waals surface area contributed by atoms with E-state index in [9.17, 15) is 0 Å². The number of aryl methyl sites for hydroxylation is 2. The summed E-state index contributed by atoms with van der Waals surface area (Å²) in [5.41, 5.74) is 4.27. The Hall–Kier alpha value is -0.490. The van der Waals surface area contributed by atoms with E-state index >= 15 is 0 Å². The van der Waals surface area contributed by atoms with E-state index in [0.717, 1.165) is 6.42 Å². The van der Waals surface area contributed by atoms with Crippen LogP contribution in [-0.4, -0.2) is 5.38 Å². The minimum atomic E-state index is 0.404. The molecule has 1 aliphatic carbocycles. The fourth-order valence-electron chi connectivity index (χ4n) is 2.25. The molecule has 0 saturated heterocycles. The van der Waals surface area contributed by atoms with Crippen molar-refractivity contribution in [2.45, 2.75) is 44.4 Å². The summed E-state index contributed by atoms with van der Waals surface area (Å²) >= 11 is 6.13. The van der Waals surface area contributed by atoms with Crippen molar-refractivity contribution in [3.8, 4) is 0 Å². The molecule has 0 nitrogen and oxygen atoms in total. The highest BCUT2D eigenvalue weighted by Gasteiger charge is 2.24. The molecule has 1 fully saturated rings. The van der Waals surface area contributed by atoms with Crippen LogP contribution < -0.4 is 0 Å². The average molecular weight is 209 g/mol. The van der Waals surface area contributed by atoms with Crippen molar-refractivity contribution in [1.29, 1.82) is 0 Å². The molecule has 0 spiro atoms. The Morgan fingerprint density at radius 3 is 2.50 bits per heavy atom. The van der Waals surface area contributed by atoms with E-state index in [2.05, 4.69) is 32.0 Å². The lowest BCUT2D eigenvalue weighted by Gasteiger charge is -2.11. The lowest BCUT2D eigenvalue weighted by molar-refractivity contribution is 0.723. The van der Waals surface area contributed by atoms with Crippen molar-refractivity contribution in [3.05, 3.63) is 34.9 Å². The molecule has 1 aromatic rings. The van der Waals surface area contributed by atoms with Crippen molar-refractivity contribution in [1.82, 2.24) is 0 Å². The first-order valence-electron chi connectivity index (χ1n) is 5.38. The SMILES string of the molecule is Cc1ccc(C2CCC(Cl)C2)cc1C. The van der Waals surface area contributed by atoms with E-state index in [-0.39, 0.29) is 0 Å². The molecule has 0 bridgehead atoms. The molecular formula is C13H17Cl. The number of hydrogen-bond acceptors (Lipinski definition) is 0. The Kier molecular flexibility index (Phi) is 2.83. The molecule has 2 rings (SSSR count). The number of hydrogen-bond donors (Lipinski definition) is 0. The van der Waals surface area contributed by atoms with Gasteiger partial charge >= 0.3 is 0 Å². The van der Waals surface area contributed by atoms with Gasteiger partial charge < -0.3 is 0 Å². The van der Waals surface area contributed by atoms with Gasteiger partial charge in [0, 0.05) is 5.38 Å². The third-order valence-electron chi connectivity index (χ3n) is 3.37. The molecule has 0 N–H and O–H groups in total. The van der Waals surface area contributed by atoms with Crippen molar-refractivity contribution < 1.29 is 0 Å². The maximum absolute atomic E-state index is 6.13. The van der Waals surface area contributed by atoms with Crippen molar-refractivity contribution in [3.63, 3.8) is 0 Å². The van der Waals surface area contributed by atoms with Crippen LogP contribution in [0, 0.1) is 13.8 Å². The Morgan fingerprint density at radius 2 is 1.93 bits per heavy atom. The summed E-state index contributed by atoms with van der Waals surface area (Å²) in [6.45, 7) is 4.35. The van der Waals surface area contributed by atoms with Gasteiger partial charge in [0.25, 0.3) is 0 Å². The maximum Gasteiger partial charge on any atom is 0.0342 e. The smallest absolute Gasteiger partial charge is 0.0342 e. The van der Waals surface area contributed by atoms with Gasteiger partial charge in [0.05, 0.1) is 0 Å². The summed E-state index contributed by atoms with van der Waals surface area (Å²) in [5, 5.41) is 0.404. The molecule has 1 aromatic carbocycles. The van der Waals surface area contributed by atoms with Crippen LogP contribution in [0.3, 0.4) is 0 Å². The zero-order chi connectivity index (χ0) is 10.1. The fourth-order valence-corrected chi connectivity index (χ4v) is 2.59. The van der Waals surface area contributed by atoms with Gasteiger partial charge in [-0.1, -0.05) is 18.2 Å². The number of halogens is 1. The molecule has 76 valence electrons. The standard InChI is InChI=1S/C13H17Cl/c1-9-3-4-11(7-10(9)2)12-5-6-13(14)8-12/h3-4,7,12-13H,5-6,8H2,1-2H3. The predicted molar refractivity (Wildman–Crippen MR) is 62.1 cm³/mol. The number of benzene rings is 1. The van der Waals surface area contributed by atoms with Gasteiger partial charge in [-0.15, -0.1) is 11.6 Å². The van der Waals surface area contributed by atoms with Crippen molar-refractivity contribution in [2.75, 3.05) is 0 Å². The van der Waals surface area contributed by atoms with Crippen LogP contribution in [0.5, 0.6) is 0 Å². The Labute approximate surface area is 91.3 Å². The molecule has 0 radical (unpaired) electrons. The maximum atomic E-state index is 6.13. The van der Waals surface area contributed by atoms with Crippen LogP contribution in [-0.2, 0) is 0 Å². The first kappa shape index (κ1) is 10.0. The number of rotatable bonds is 1. The predicted octanol–water partition coefficient (Wildman–Crippen LogP) is 4.18. The monoisotopic (exact) mass is 208 g/mol. The van der Waals surface area contributed by atoms with E-state index in [1.165, 1.54) is 29.5 Å². The van der Waals surface area contributed by atoms with E-state index in [1.54, 1.807) is 0 Å². The van der Waals surface area contributed by atoms with Crippen molar-refractivity contribution >= 4 is 11.6 Å². The molecule has 1 heteroatoms. The summed E-state index contributed by atoms with van der Waals surface area (Å²) in [4.78, 5) is 0. The highest BCUT2D eigenvalue weighted by Crippen LogP contribution is 2.37. The summed E-state index contributed by atoms with van der Waals surface area (Å²) in [6.07, 6.45) is 3.60. The topological polar surface area (TPSA) is 0 Å². The van der Waals surface area contributed by atoms with E-state index in [1.807, 2.05) is 0 Å². The average Bonchev–Trinajstić information content (AvgIpc) is 2.57. The molecule has 0 aliphatic heterocycles. The lowest BCUT2D eigenvalue weighted by Crippen LogP contribution is -1.95. The van der Waals surface area contributed by atoms with Gasteiger partial charge in [0.2, 0.25) is 0 Å². The third-order valence-corrected chi connectivity index (χ3v) is 3.77. The van der Waals surface area contributed by atoms with E-state index in [4.69, 9.17) is 11.6 Å². The van der Waals surface area contributed by atoms with Gasteiger partial charge in [-0.2, -0.15) is 0 Å². The first-order valence-corrected chi connectivity index (χ1v) is 5.81. The van der Waals surface area contributed by atoms with Gasteiger partial charge in [-0.25, -0.2) is 0 Å². The van der Waals surface area contributed by atoms with E-state index < -0.39 is 0 Å². The van der Waals surface area contributed by atoms with Gasteiger partial charge in [-0.3, -0.25) is 0 Å². The van der Waals surface area contributed by atoms with Gasteiger partial charge in [0.1, 0.15) is 0 Å². The fraction of sp³-hybridized carbons (Fsp3) is 0.538. The third kappa shape index (κ3) is 1.95. The molecule has 0 amide bonds. The quantitative estimate of drug-likeness (QED) is 0.608. The molecule has 1 aliphatic rings. The normalized spacial score (nSPS) is 26.8. The zero-order valence-electron chi connectivity index (χ0n) is 8.89. The van der Waals surface area contributed by atoms with Crippen LogP contribution >= 0.6 is 11.6 Å². The molecular weight excluding hydrogens is 192 g/mol. The van der Waals surface area contributed by atoms with Crippen LogP contribution in [0.15, 0.2) is 18.2 Å². The molecule has 2 atom stereocenters. The van der Waals surface area contributed by atoms with Crippen LogP contribution in [0.4, 0.5) is 0 Å². The van der Waals surface area contributed by atoms with Crippen LogP contribution in [0.1, 0.15) is 41.9 Å². The Morgan fingerprint density at radius 1 is 1.14 bits per heavy atom. The first-order chi connectivity index (χ1) is 6.66. The minimum absolute atomic E-state index is 0.404. The second kappa shape index (κ2) is 3.94. The van der Waals surface area contributed by atoms with Crippen molar-refractivity contribution in [2.24, 2.45) is 0 Å². The van der Waals surface area contributed by atoms with Crippen LogP contribution in [0.2, 0.25) is 0 Å². The molecule has 14 heavy (non-hydrogen) atoms. The van der Waals surface area contributed by atoms with Gasteiger partial charge in [0.15, 0.2) is 0 Å². The second-order valence-electron chi connectivity index (χ2n) is 4.45. The molecule has 1 saturated carbocycles. The van der Waals surface area contributed by atoms with Gasteiger partial charge in [-0.05, 0) is 55.7 Å². The van der Waals surface area contributed by atoms with E-state index in [0.29, 0.717) is 11.3 Å². The summed E-state index contributed by atoms with van der Waals surface area (Å²) in [5.74, 6) is 0.705. The molecule has 0 heterocycles. The lowest BCUT2D eigenvalue weighted by atomic mass is 9.94.